The number of anilines is 2. The smallest absolute Gasteiger partial charge is 0.140 e. The minimum atomic E-state index is 0.646. The van der Waals surface area contributed by atoms with Gasteiger partial charge in [-0.1, -0.05) is 6.07 Å². The molecule has 2 heterocycles. The van der Waals surface area contributed by atoms with E-state index in [0.29, 0.717) is 5.69 Å². The summed E-state index contributed by atoms with van der Waals surface area (Å²) in [5, 5.41) is 3.24. The van der Waals surface area contributed by atoms with Crippen LogP contribution in [0, 0.1) is 0 Å². The van der Waals surface area contributed by atoms with Crippen LogP contribution >= 0.6 is 15.9 Å². The number of nitrogens with two attached hydrogens (primary N) is 1. The van der Waals surface area contributed by atoms with E-state index >= 15 is 0 Å². The first kappa shape index (κ1) is 11.9. The van der Waals surface area contributed by atoms with Gasteiger partial charge in [0, 0.05) is 24.9 Å². The Morgan fingerprint density at radius 3 is 2.88 bits per heavy atom. The van der Waals surface area contributed by atoms with E-state index in [1.807, 2.05) is 24.3 Å². The van der Waals surface area contributed by atoms with Crippen molar-refractivity contribution in [3.63, 3.8) is 0 Å². The normalized spacial score (nSPS) is 10.2. The molecule has 0 amide bonds. The molecule has 2 aromatic heterocycles. The number of halogens is 1. The minimum Gasteiger partial charge on any atom is -0.397 e. The number of nitrogens with zero attached hydrogens (tertiary/aromatic N) is 2. The molecule has 5 heteroatoms. The van der Waals surface area contributed by atoms with Crippen molar-refractivity contribution in [2.45, 2.75) is 6.42 Å². The van der Waals surface area contributed by atoms with Crippen LogP contribution in [0.25, 0.3) is 0 Å². The number of nitrogens with one attached hydrogen (secondary N) is 1. The van der Waals surface area contributed by atoms with Gasteiger partial charge in [-0.15, -0.1) is 0 Å². The monoisotopic (exact) mass is 292 g/mol. The molecule has 0 spiro atoms. The second kappa shape index (κ2) is 5.63. The lowest BCUT2D eigenvalue weighted by Gasteiger charge is -2.07. The van der Waals surface area contributed by atoms with Crippen LogP contribution in [0.5, 0.6) is 0 Å². The van der Waals surface area contributed by atoms with Crippen molar-refractivity contribution in [2.75, 3.05) is 17.6 Å². The Balaban J connectivity index is 1.90. The van der Waals surface area contributed by atoms with E-state index in [9.17, 15) is 0 Å². The molecule has 0 atom stereocenters. The van der Waals surface area contributed by atoms with Crippen molar-refractivity contribution in [3.8, 4) is 0 Å². The van der Waals surface area contributed by atoms with Gasteiger partial charge >= 0.3 is 0 Å². The molecule has 2 rings (SSSR count). The first-order valence-corrected chi connectivity index (χ1v) is 6.10. The van der Waals surface area contributed by atoms with Gasteiger partial charge in [-0.3, -0.25) is 4.98 Å². The van der Waals surface area contributed by atoms with Crippen LogP contribution < -0.4 is 11.1 Å². The molecule has 0 aromatic carbocycles. The van der Waals surface area contributed by atoms with E-state index < -0.39 is 0 Å². The molecule has 88 valence electrons. The predicted molar refractivity (Wildman–Crippen MR) is 72.8 cm³/mol. The first-order valence-electron chi connectivity index (χ1n) is 5.30. The number of aromatic nitrogens is 2. The summed E-state index contributed by atoms with van der Waals surface area (Å²) in [4.78, 5) is 8.46. The molecule has 0 fully saturated rings. The SMILES string of the molecule is Nc1cnc(NCCc2ccccn2)c(Br)c1. The van der Waals surface area contributed by atoms with Crippen molar-refractivity contribution in [3.05, 3.63) is 46.8 Å². The quantitative estimate of drug-likeness (QED) is 0.909. The third-order valence-electron chi connectivity index (χ3n) is 2.26. The second-order valence-electron chi connectivity index (χ2n) is 3.60. The fraction of sp³-hybridized carbons (Fsp3) is 0.167. The topological polar surface area (TPSA) is 63.8 Å². The van der Waals surface area contributed by atoms with Crippen molar-refractivity contribution in [1.29, 1.82) is 0 Å². The standard InChI is InChI=1S/C12H13BrN4/c13-11-7-9(14)8-17-12(11)16-6-4-10-3-1-2-5-15-10/h1-3,5,7-8H,4,6,14H2,(H,16,17). The van der Waals surface area contributed by atoms with Crippen molar-refractivity contribution >= 4 is 27.4 Å². The van der Waals surface area contributed by atoms with Crippen LogP contribution in [-0.4, -0.2) is 16.5 Å². The van der Waals surface area contributed by atoms with Crippen molar-refractivity contribution in [2.24, 2.45) is 0 Å². The molecule has 0 aliphatic carbocycles. The number of pyridine rings is 2. The van der Waals surface area contributed by atoms with E-state index in [2.05, 4.69) is 31.2 Å². The first-order chi connectivity index (χ1) is 8.25. The summed E-state index contributed by atoms with van der Waals surface area (Å²) in [5.74, 6) is 0.801. The average Bonchev–Trinajstić information content (AvgIpc) is 2.33. The highest BCUT2D eigenvalue weighted by atomic mass is 79.9. The number of rotatable bonds is 4. The Morgan fingerprint density at radius 2 is 2.18 bits per heavy atom. The zero-order valence-electron chi connectivity index (χ0n) is 9.23. The average molecular weight is 293 g/mol. The molecule has 0 bridgehead atoms. The van der Waals surface area contributed by atoms with Crippen LogP contribution in [0.4, 0.5) is 11.5 Å². The van der Waals surface area contributed by atoms with E-state index in [4.69, 9.17) is 5.73 Å². The van der Waals surface area contributed by atoms with Gasteiger partial charge in [0.2, 0.25) is 0 Å². The highest BCUT2D eigenvalue weighted by molar-refractivity contribution is 9.10. The highest BCUT2D eigenvalue weighted by Gasteiger charge is 2.01. The number of nitrogen functional groups attached to an aromatic ring is 1. The zero-order chi connectivity index (χ0) is 12.1. The molecular formula is C12H13BrN4. The third-order valence-corrected chi connectivity index (χ3v) is 2.87. The summed E-state index contributed by atoms with van der Waals surface area (Å²) in [6, 6.07) is 7.73. The molecule has 0 radical (unpaired) electrons. The second-order valence-corrected chi connectivity index (χ2v) is 4.45. The number of hydrogen-bond donors (Lipinski definition) is 2. The highest BCUT2D eigenvalue weighted by Crippen LogP contribution is 2.21. The van der Waals surface area contributed by atoms with Crippen molar-refractivity contribution in [1.82, 2.24) is 9.97 Å². The Bertz CT molecular complexity index is 487. The van der Waals surface area contributed by atoms with Gasteiger partial charge in [0.1, 0.15) is 5.82 Å². The van der Waals surface area contributed by atoms with Gasteiger partial charge in [0.25, 0.3) is 0 Å². The molecule has 0 saturated carbocycles. The Labute approximate surface area is 108 Å². The van der Waals surface area contributed by atoms with Gasteiger partial charge in [0.15, 0.2) is 0 Å². The lowest BCUT2D eigenvalue weighted by molar-refractivity contribution is 0.953. The fourth-order valence-corrected chi connectivity index (χ4v) is 1.94. The van der Waals surface area contributed by atoms with Crippen molar-refractivity contribution < 1.29 is 0 Å². The summed E-state index contributed by atoms with van der Waals surface area (Å²) in [6.45, 7) is 0.784. The van der Waals surface area contributed by atoms with Crippen LogP contribution in [0.1, 0.15) is 5.69 Å². The van der Waals surface area contributed by atoms with Gasteiger partial charge in [0.05, 0.1) is 16.4 Å². The van der Waals surface area contributed by atoms with Gasteiger partial charge in [-0.05, 0) is 34.1 Å². The van der Waals surface area contributed by atoms with E-state index in [-0.39, 0.29) is 0 Å². The molecule has 4 nitrogen and oxygen atoms in total. The molecule has 3 N–H and O–H groups in total. The minimum absolute atomic E-state index is 0.646. The summed E-state index contributed by atoms with van der Waals surface area (Å²) >= 11 is 3.41. The molecule has 2 aromatic rings. The van der Waals surface area contributed by atoms with Crippen LogP contribution in [-0.2, 0) is 6.42 Å². The lowest BCUT2D eigenvalue weighted by atomic mass is 10.3. The van der Waals surface area contributed by atoms with Gasteiger partial charge < -0.3 is 11.1 Å². The maximum Gasteiger partial charge on any atom is 0.140 e. The fourth-order valence-electron chi connectivity index (χ4n) is 1.44. The van der Waals surface area contributed by atoms with Gasteiger partial charge in [-0.25, -0.2) is 4.98 Å². The van der Waals surface area contributed by atoms with E-state index in [1.165, 1.54) is 0 Å². The maximum atomic E-state index is 5.62. The molecule has 0 unspecified atom stereocenters. The molecule has 17 heavy (non-hydrogen) atoms. The molecular weight excluding hydrogens is 280 g/mol. The maximum absolute atomic E-state index is 5.62. The zero-order valence-corrected chi connectivity index (χ0v) is 10.8. The Morgan fingerprint density at radius 1 is 1.29 bits per heavy atom. The summed E-state index contributed by atoms with van der Waals surface area (Å²) < 4.78 is 0.874. The predicted octanol–water partition coefficient (Wildman–Crippen LogP) is 2.48. The summed E-state index contributed by atoms with van der Waals surface area (Å²) in [7, 11) is 0. The van der Waals surface area contributed by atoms with Crippen LogP contribution in [0.3, 0.4) is 0 Å². The van der Waals surface area contributed by atoms with Crippen LogP contribution in [0.15, 0.2) is 41.1 Å². The number of hydrogen-bond acceptors (Lipinski definition) is 4. The molecule has 0 saturated heterocycles. The van der Waals surface area contributed by atoms with Crippen LogP contribution in [0.2, 0.25) is 0 Å². The Kier molecular flexibility index (Phi) is 3.93. The summed E-state index contributed by atoms with van der Waals surface area (Å²) in [5.41, 5.74) is 7.32. The molecule has 0 aliphatic rings. The third kappa shape index (κ3) is 3.42. The summed E-state index contributed by atoms with van der Waals surface area (Å²) in [6.07, 6.45) is 4.29. The van der Waals surface area contributed by atoms with E-state index in [1.54, 1.807) is 12.4 Å². The van der Waals surface area contributed by atoms with E-state index in [0.717, 1.165) is 29.0 Å². The van der Waals surface area contributed by atoms with Gasteiger partial charge in [-0.2, -0.15) is 0 Å². The molecule has 0 aliphatic heterocycles. The Hall–Kier alpha value is -1.62. The lowest BCUT2D eigenvalue weighted by Crippen LogP contribution is -2.07. The largest absolute Gasteiger partial charge is 0.397 e.